The molecule has 3 aromatic rings. The van der Waals surface area contributed by atoms with E-state index in [1.807, 2.05) is 0 Å². The minimum Gasteiger partial charge on any atom is -0.481 e. The molecule has 0 spiro atoms. The normalized spacial score (nSPS) is 14.8. The summed E-state index contributed by atoms with van der Waals surface area (Å²) in [5.41, 5.74) is 5.30. The van der Waals surface area contributed by atoms with E-state index in [9.17, 15) is 18.3 Å². The van der Waals surface area contributed by atoms with Gasteiger partial charge < -0.3 is 15.5 Å². The zero-order chi connectivity index (χ0) is 29.9. The van der Waals surface area contributed by atoms with Gasteiger partial charge in [-0.3, -0.25) is 4.79 Å². The maximum absolute atomic E-state index is 13.5. The van der Waals surface area contributed by atoms with Crippen molar-refractivity contribution in [3.8, 4) is 11.1 Å². The topological polar surface area (TPSA) is 107 Å². The second-order valence-electron chi connectivity index (χ2n) is 11.8. The predicted octanol–water partition coefficient (Wildman–Crippen LogP) is 5.10. The number of sulfonamides is 1. The van der Waals surface area contributed by atoms with Gasteiger partial charge in [0, 0.05) is 25.7 Å². The molecule has 0 bridgehead atoms. The number of carbonyl (C=O) groups is 1. The third kappa shape index (κ3) is 7.76. The smallest absolute Gasteiger partial charge is 0.307 e. The molecule has 3 aromatic carbocycles. The Labute approximate surface area is 248 Å². The first-order valence-corrected chi connectivity index (χ1v) is 15.6. The van der Waals surface area contributed by atoms with Crippen LogP contribution in [0.1, 0.15) is 42.5 Å². The molecule has 9 heteroatoms. The molecule has 0 saturated carbocycles. The summed E-state index contributed by atoms with van der Waals surface area (Å²) >= 11 is 6.53. The van der Waals surface area contributed by atoms with Gasteiger partial charge in [-0.1, -0.05) is 60.1 Å². The molecule has 0 heterocycles. The van der Waals surface area contributed by atoms with Crippen molar-refractivity contribution >= 4 is 27.6 Å². The van der Waals surface area contributed by atoms with E-state index in [4.69, 9.17) is 16.7 Å². The monoisotopic (exact) mass is 598 g/mol. The number of likely N-dealkylation sites (N-methyl/N-ethyl adjacent to an activating group) is 1. The molecule has 0 aliphatic heterocycles. The number of hydrogen-bond acceptors (Lipinski definition) is 5. The Balaban J connectivity index is 1.37. The van der Waals surface area contributed by atoms with Crippen LogP contribution in [0.25, 0.3) is 11.1 Å². The molecule has 0 amide bonds. The fourth-order valence-electron chi connectivity index (χ4n) is 5.81. The lowest BCUT2D eigenvalue weighted by molar-refractivity contribution is -0.136. The summed E-state index contributed by atoms with van der Waals surface area (Å²) in [7, 11) is -2.52. The minimum atomic E-state index is -3.97. The van der Waals surface area contributed by atoms with Gasteiger partial charge in [0.05, 0.1) is 17.5 Å². The number of aliphatic hydroxyl groups is 1. The number of benzene rings is 3. The van der Waals surface area contributed by atoms with Gasteiger partial charge in [-0.2, -0.15) is 4.31 Å². The number of β-amino-alcohol motifs (C(OH)–C–C–N with tert-alkyl or cyclic N) is 1. The van der Waals surface area contributed by atoms with E-state index in [0.717, 1.165) is 34.7 Å². The average molecular weight is 599 g/mol. The molecule has 1 atom stereocenters. The number of nitrogens with one attached hydrogen (secondary N) is 1. The van der Waals surface area contributed by atoms with Gasteiger partial charge in [-0.25, -0.2) is 8.42 Å². The first-order valence-electron chi connectivity index (χ1n) is 13.8. The molecule has 1 aliphatic carbocycles. The van der Waals surface area contributed by atoms with E-state index in [1.165, 1.54) is 18.2 Å². The number of aryl methyl sites for hydroxylation is 1. The van der Waals surface area contributed by atoms with Crippen LogP contribution in [-0.2, 0) is 34.1 Å². The highest BCUT2D eigenvalue weighted by molar-refractivity contribution is 7.89. The molecule has 0 aromatic heterocycles. The third-order valence-corrected chi connectivity index (χ3v) is 10.2. The molecule has 41 heavy (non-hydrogen) atoms. The van der Waals surface area contributed by atoms with E-state index in [-0.39, 0.29) is 35.0 Å². The van der Waals surface area contributed by atoms with Crippen molar-refractivity contribution in [3.05, 3.63) is 87.9 Å². The maximum atomic E-state index is 13.5. The lowest BCUT2D eigenvalue weighted by Crippen LogP contribution is -2.47. The van der Waals surface area contributed by atoms with Crippen LogP contribution in [0.2, 0.25) is 5.02 Å². The summed E-state index contributed by atoms with van der Waals surface area (Å²) in [6.45, 7) is 6.11. The number of halogens is 1. The number of nitrogens with zero attached hydrogens (tertiary/aromatic N) is 1. The Hall–Kier alpha value is -2.75. The first kappa shape index (κ1) is 31.2. The van der Waals surface area contributed by atoms with Gasteiger partial charge in [0.1, 0.15) is 4.90 Å². The third-order valence-electron chi connectivity index (χ3n) is 7.76. The van der Waals surface area contributed by atoms with Crippen molar-refractivity contribution in [1.82, 2.24) is 9.62 Å². The van der Waals surface area contributed by atoms with E-state index in [2.05, 4.69) is 43.4 Å². The largest absolute Gasteiger partial charge is 0.481 e. The summed E-state index contributed by atoms with van der Waals surface area (Å²) in [5.74, 6) is -0.374. The highest BCUT2D eigenvalue weighted by Gasteiger charge is 2.30. The average Bonchev–Trinajstić information content (AvgIpc) is 3.28. The Bertz CT molecular complexity index is 1460. The summed E-state index contributed by atoms with van der Waals surface area (Å²) in [6.07, 6.45) is 2.08. The van der Waals surface area contributed by atoms with Crippen LogP contribution in [0, 0.1) is 12.8 Å². The van der Waals surface area contributed by atoms with Crippen molar-refractivity contribution < 1.29 is 23.4 Å². The standard InChI is InChI=1S/C32H39ClN2O5S/c1-21-13-27(24-11-9-22(10-12-24)16-30(37)38)17-29(33)31(21)41(39,40)35(4)20-28(36)19-34-32(2,3)18-23-14-25-7-5-6-8-26(25)15-23/h5-13,17,23,28,34,36H,14-16,18-20H2,1-4H3,(H,37,38)/t28-/m1/s1. The van der Waals surface area contributed by atoms with E-state index in [1.54, 1.807) is 43.3 Å². The fraction of sp³-hybridized carbons (Fsp3) is 0.406. The maximum Gasteiger partial charge on any atom is 0.307 e. The van der Waals surface area contributed by atoms with Gasteiger partial charge in [0.2, 0.25) is 10.0 Å². The SMILES string of the molecule is Cc1cc(-c2ccc(CC(=O)O)cc2)cc(Cl)c1S(=O)(=O)N(C)C[C@H](O)CNC(C)(C)CC1Cc2ccccc2C1. The number of rotatable bonds is 12. The van der Waals surface area contributed by atoms with Gasteiger partial charge >= 0.3 is 5.97 Å². The molecule has 4 rings (SSSR count). The molecule has 1 aliphatic rings. The summed E-state index contributed by atoms with van der Waals surface area (Å²) in [4.78, 5) is 11.0. The molecule has 0 unspecified atom stereocenters. The zero-order valence-corrected chi connectivity index (χ0v) is 25.6. The van der Waals surface area contributed by atoms with Crippen molar-refractivity contribution in [3.63, 3.8) is 0 Å². The van der Waals surface area contributed by atoms with Crippen molar-refractivity contribution in [1.29, 1.82) is 0 Å². The summed E-state index contributed by atoms with van der Waals surface area (Å²) in [5, 5.41) is 23.3. The zero-order valence-electron chi connectivity index (χ0n) is 24.0. The molecule has 0 saturated heterocycles. The first-order chi connectivity index (χ1) is 19.2. The van der Waals surface area contributed by atoms with Gasteiger partial charge in [-0.15, -0.1) is 0 Å². The Morgan fingerprint density at radius 2 is 1.68 bits per heavy atom. The van der Waals surface area contributed by atoms with Crippen LogP contribution in [0.4, 0.5) is 0 Å². The molecule has 3 N–H and O–H groups in total. The number of hydrogen-bond donors (Lipinski definition) is 3. The van der Waals surface area contributed by atoms with Crippen molar-refractivity contribution in [2.45, 2.75) is 63.0 Å². The van der Waals surface area contributed by atoms with Crippen LogP contribution < -0.4 is 5.32 Å². The quantitative estimate of drug-likeness (QED) is 0.268. The van der Waals surface area contributed by atoms with Gasteiger partial charge in [0.25, 0.3) is 0 Å². The van der Waals surface area contributed by atoms with Crippen LogP contribution in [-0.4, -0.2) is 60.7 Å². The van der Waals surface area contributed by atoms with E-state index < -0.39 is 22.1 Å². The number of fused-ring (bicyclic) bond motifs is 1. The van der Waals surface area contributed by atoms with Crippen LogP contribution >= 0.6 is 11.6 Å². The molecule has 0 radical (unpaired) electrons. The second-order valence-corrected chi connectivity index (χ2v) is 14.2. The van der Waals surface area contributed by atoms with Crippen LogP contribution in [0.15, 0.2) is 65.6 Å². The number of aliphatic carboxylic acids is 1. The summed E-state index contributed by atoms with van der Waals surface area (Å²) < 4.78 is 28.1. The molecule has 220 valence electrons. The van der Waals surface area contributed by atoms with Gasteiger partial charge in [0.15, 0.2) is 0 Å². The van der Waals surface area contributed by atoms with Crippen molar-refractivity contribution in [2.24, 2.45) is 5.92 Å². The fourth-order valence-corrected chi connectivity index (χ4v) is 7.82. The van der Waals surface area contributed by atoms with Crippen LogP contribution in [0.3, 0.4) is 0 Å². The molecular formula is C32H39ClN2O5S. The van der Waals surface area contributed by atoms with Crippen LogP contribution in [0.5, 0.6) is 0 Å². The number of carboxylic acid groups (broad SMARTS) is 1. The Morgan fingerprint density at radius 3 is 2.24 bits per heavy atom. The Kier molecular flexibility index (Phi) is 9.61. The molecule has 0 fully saturated rings. The number of carboxylic acids is 1. The highest BCUT2D eigenvalue weighted by Crippen LogP contribution is 2.34. The lowest BCUT2D eigenvalue weighted by atomic mass is 9.88. The van der Waals surface area contributed by atoms with E-state index in [0.29, 0.717) is 17.0 Å². The highest BCUT2D eigenvalue weighted by atomic mass is 35.5. The second kappa shape index (κ2) is 12.6. The minimum absolute atomic E-state index is 0.00852. The van der Waals surface area contributed by atoms with Gasteiger partial charge in [-0.05, 0) is 91.5 Å². The lowest BCUT2D eigenvalue weighted by Gasteiger charge is -2.31. The Morgan fingerprint density at radius 1 is 1.07 bits per heavy atom. The number of aliphatic hydroxyl groups excluding tert-OH is 1. The van der Waals surface area contributed by atoms with Crippen molar-refractivity contribution in [2.75, 3.05) is 20.1 Å². The van der Waals surface area contributed by atoms with E-state index >= 15 is 0 Å². The summed E-state index contributed by atoms with van der Waals surface area (Å²) in [6, 6.07) is 18.9. The molecule has 7 nitrogen and oxygen atoms in total. The predicted molar refractivity (Wildman–Crippen MR) is 163 cm³/mol. The molecular weight excluding hydrogens is 560 g/mol.